The lowest BCUT2D eigenvalue weighted by molar-refractivity contribution is -0.141. The van der Waals surface area contributed by atoms with Crippen molar-refractivity contribution in [2.24, 2.45) is 5.92 Å². The van der Waals surface area contributed by atoms with Crippen LogP contribution in [0.2, 0.25) is 0 Å². The van der Waals surface area contributed by atoms with Crippen molar-refractivity contribution in [3.63, 3.8) is 0 Å². The minimum atomic E-state index is -0.625. The van der Waals surface area contributed by atoms with Gasteiger partial charge in [-0.25, -0.2) is 15.0 Å². The first-order valence-corrected chi connectivity index (χ1v) is 22.5. The molecule has 2 N–H and O–H groups in total. The van der Waals surface area contributed by atoms with Gasteiger partial charge in [0.2, 0.25) is 17.8 Å². The molecule has 13 nitrogen and oxygen atoms in total. The molecule has 7 heterocycles. The number of thiol groups is 1. The predicted molar refractivity (Wildman–Crippen MR) is 241 cm³/mol. The fraction of sp³-hybridized carbons (Fsp3) is 0.333. The summed E-state index contributed by atoms with van der Waals surface area (Å²) in [6.45, 7) is 9.73. The lowest BCUT2D eigenvalue weighted by atomic mass is 9.91. The first-order chi connectivity index (χ1) is 29.5. The van der Waals surface area contributed by atoms with Crippen LogP contribution < -0.4 is 10.2 Å². The van der Waals surface area contributed by atoms with Gasteiger partial charge in [-0.2, -0.15) is 12.6 Å². The number of thiazole rings is 1. The van der Waals surface area contributed by atoms with Crippen LogP contribution in [-0.4, -0.2) is 77.8 Å². The Labute approximate surface area is 366 Å². The van der Waals surface area contributed by atoms with Crippen LogP contribution in [-0.2, 0) is 14.3 Å². The monoisotopic (exact) mass is 871 g/mol. The standard InChI is InChI=1S/C45H45N9O4S3/c1-25(2)39(43(57)54-16-7-9-35(54)41(56)49-26(3)28-11-13-29(14-12-28)40-27(4)48-24-60-40)37-20-33(52-58-37)31-21-46-44(47-22-31)53-17-15-45(59,23-53)38-19-30-18-34(50-51-42(30)61-38)32-8-5-6-10-36(32)55/h5-6,8,10-14,18-22,24-26,35,39,55,59H,7,9,15-17,23H2,1-4H3,(H,49,56)/t26-,35?,39?,45?/m0/s1. The molecule has 9 rings (SSSR count). The predicted octanol–water partition coefficient (Wildman–Crippen LogP) is 8.58. The molecule has 2 saturated heterocycles. The van der Waals surface area contributed by atoms with Crippen molar-refractivity contribution >= 4 is 63.3 Å². The fourth-order valence-corrected chi connectivity index (χ4v) is 10.7. The summed E-state index contributed by atoms with van der Waals surface area (Å²) < 4.78 is 5.42. The van der Waals surface area contributed by atoms with Gasteiger partial charge in [0.05, 0.1) is 32.6 Å². The molecular formula is C45H45N9O4S3. The Morgan fingerprint density at radius 3 is 2.49 bits per heavy atom. The van der Waals surface area contributed by atoms with E-state index in [0.29, 0.717) is 60.3 Å². The van der Waals surface area contributed by atoms with Crippen molar-refractivity contribution in [2.45, 2.75) is 69.7 Å². The number of anilines is 1. The molecule has 2 aliphatic heterocycles. The number of aromatic nitrogens is 6. The summed E-state index contributed by atoms with van der Waals surface area (Å²) in [6.07, 6.45) is 5.56. The number of benzene rings is 2. The first-order valence-electron chi connectivity index (χ1n) is 20.4. The van der Waals surface area contributed by atoms with Gasteiger partial charge in [0.15, 0.2) is 0 Å². The number of aromatic hydroxyl groups is 1. The van der Waals surface area contributed by atoms with Crippen LogP contribution in [0.15, 0.2) is 89.2 Å². The quantitative estimate of drug-likeness (QED) is 0.107. The van der Waals surface area contributed by atoms with Crippen molar-refractivity contribution in [2.75, 3.05) is 24.5 Å². The highest BCUT2D eigenvalue weighted by Crippen LogP contribution is 2.44. The van der Waals surface area contributed by atoms with E-state index in [1.54, 1.807) is 58.2 Å². The fourth-order valence-electron chi connectivity index (χ4n) is 8.37. The highest BCUT2D eigenvalue weighted by Gasteiger charge is 2.41. The number of aryl methyl sites for hydroxylation is 1. The van der Waals surface area contributed by atoms with Gasteiger partial charge >= 0.3 is 0 Å². The van der Waals surface area contributed by atoms with E-state index in [1.165, 1.54) is 0 Å². The molecule has 0 aliphatic carbocycles. The van der Waals surface area contributed by atoms with Gasteiger partial charge in [-0.15, -0.1) is 32.9 Å². The molecule has 2 aliphatic rings. The van der Waals surface area contributed by atoms with E-state index >= 15 is 0 Å². The molecule has 0 bridgehead atoms. The molecule has 5 aromatic heterocycles. The number of phenolic OH excluding ortho intramolecular Hbond substituents is 1. The van der Waals surface area contributed by atoms with Gasteiger partial charge < -0.3 is 24.7 Å². The zero-order chi connectivity index (χ0) is 42.4. The third-order valence-electron chi connectivity index (χ3n) is 11.8. The number of amides is 2. The lowest BCUT2D eigenvalue weighted by Crippen LogP contribution is -2.48. The number of para-hydroxylation sites is 1. The summed E-state index contributed by atoms with van der Waals surface area (Å²) in [5.41, 5.74) is 7.37. The smallest absolute Gasteiger partial charge is 0.243 e. The molecule has 7 aromatic rings. The molecule has 3 unspecified atom stereocenters. The van der Waals surface area contributed by atoms with Gasteiger partial charge in [-0.1, -0.05) is 55.4 Å². The van der Waals surface area contributed by atoms with Crippen LogP contribution in [0.4, 0.5) is 5.95 Å². The zero-order valence-electron chi connectivity index (χ0n) is 34.1. The highest BCUT2D eigenvalue weighted by molar-refractivity contribution is 7.81. The number of carbonyl (C=O) groups excluding carboxylic acids is 2. The lowest BCUT2D eigenvalue weighted by Gasteiger charge is -2.29. The second-order valence-electron chi connectivity index (χ2n) is 16.2. The number of thiophene rings is 1. The maximum absolute atomic E-state index is 14.3. The van der Waals surface area contributed by atoms with Crippen molar-refractivity contribution in [3.8, 4) is 38.7 Å². The van der Waals surface area contributed by atoms with Crippen LogP contribution in [0, 0.1) is 12.8 Å². The molecule has 2 amide bonds. The molecule has 312 valence electrons. The van der Waals surface area contributed by atoms with Gasteiger partial charge in [0.25, 0.3) is 0 Å². The number of fused-ring (bicyclic) bond motifs is 1. The maximum Gasteiger partial charge on any atom is 0.243 e. The van der Waals surface area contributed by atoms with Gasteiger partial charge in [-0.3, -0.25) is 9.59 Å². The van der Waals surface area contributed by atoms with Crippen LogP contribution in [0.3, 0.4) is 0 Å². The molecule has 0 radical (unpaired) electrons. The number of rotatable bonds is 11. The molecule has 2 aromatic carbocycles. The largest absolute Gasteiger partial charge is 0.507 e. The molecule has 4 atom stereocenters. The molecule has 0 spiro atoms. The number of hydrogen-bond acceptors (Lipinski definition) is 14. The SMILES string of the molecule is Cc1ncsc1-c1ccc([C@H](C)NC(=O)C2CCCN2C(=O)C(c2cc(-c3cnc(N4CCC(S)(c5cc6cc(-c7ccccc7O)nnc6s5)C4)nc3)no2)C(C)C)cc1. The molecule has 0 saturated carbocycles. The minimum Gasteiger partial charge on any atom is -0.507 e. The zero-order valence-corrected chi connectivity index (χ0v) is 36.7. The molecule has 16 heteroatoms. The second kappa shape index (κ2) is 16.6. The van der Waals surface area contributed by atoms with Crippen LogP contribution in [0.1, 0.15) is 73.9 Å². The third-order valence-corrected chi connectivity index (χ3v) is 14.7. The van der Waals surface area contributed by atoms with Crippen molar-refractivity contribution in [3.05, 3.63) is 107 Å². The van der Waals surface area contributed by atoms with Gasteiger partial charge in [-0.05, 0) is 74.4 Å². The number of nitrogens with zero attached hydrogens (tertiary/aromatic N) is 8. The number of nitrogens with one attached hydrogen (secondary N) is 1. The third kappa shape index (κ3) is 7.99. The first kappa shape index (κ1) is 40.7. The highest BCUT2D eigenvalue weighted by atomic mass is 32.1. The summed E-state index contributed by atoms with van der Waals surface area (Å²) in [6, 6.07) is 20.3. The summed E-state index contributed by atoms with van der Waals surface area (Å²) in [5, 5.41) is 27.6. The topological polar surface area (TPSA) is 163 Å². The average Bonchev–Trinajstić information content (AvgIpc) is 4.12. The summed E-state index contributed by atoms with van der Waals surface area (Å²) >= 11 is 8.36. The van der Waals surface area contributed by atoms with E-state index in [2.05, 4.69) is 48.8 Å². The van der Waals surface area contributed by atoms with Gasteiger partial charge in [0, 0.05) is 59.5 Å². The Kier molecular flexibility index (Phi) is 11.1. The normalized spacial score (nSPS) is 18.9. The maximum atomic E-state index is 14.3. The number of likely N-dealkylation sites (tertiary alicyclic amines) is 1. The van der Waals surface area contributed by atoms with E-state index in [1.807, 2.05) is 63.5 Å². The minimum absolute atomic E-state index is 0.111. The van der Waals surface area contributed by atoms with Crippen molar-refractivity contribution in [1.29, 1.82) is 0 Å². The Bertz CT molecular complexity index is 2720. The average molecular weight is 872 g/mol. The summed E-state index contributed by atoms with van der Waals surface area (Å²) in [4.78, 5) is 48.6. The number of phenols is 1. The van der Waals surface area contributed by atoms with E-state index < -0.39 is 16.7 Å². The van der Waals surface area contributed by atoms with Crippen LogP contribution in [0.5, 0.6) is 5.75 Å². The Morgan fingerprint density at radius 2 is 1.75 bits per heavy atom. The number of hydrogen-bond donors (Lipinski definition) is 3. The Hall–Kier alpha value is -5.71. The van der Waals surface area contributed by atoms with Crippen molar-refractivity contribution < 1.29 is 19.2 Å². The van der Waals surface area contributed by atoms with Crippen LogP contribution in [0.25, 0.3) is 43.2 Å². The number of carbonyl (C=O) groups is 2. The summed E-state index contributed by atoms with van der Waals surface area (Å²) in [5.74, 6) is 0.135. The Balaban J connectivity index is 0.845. The molecular weight excluding hydrogens is 827 g/mol. The molecule has 61 heavy (non-hydrogen) atoms. The van der Waals surface area contributed by atoms with E-state index in [9.17, 15) is 14.7 Å². The van der Waals surface area contributed by atoms with E-state index in [-0.39, 0.29) is 29.5 Å². The van der Waals surface area contributed by atoms with E-state index in [4.69, 9.17) is 27.1 Å². The molecule has 2 fully saturated rings. The van der Waals surface area contributed by atoms with Crippen molar-refractivity contribution in [1.82, 2.24) is 40.5 Å². The van der Waals surface area contributed by atoms with Gasteiger partial charge in [0.1, 0.15) is 34.0 Å². The van der Waals surface area contributed by atoms with E-state index in [0.717, 1.165) is 49.6 Å². The Morgan fingerprint density at radius 1 is 0.967 bits per heavy atom. The van der Waals surface area contributed by atoms with Crippen LogP contribution >= 0.6 is 35.3 Å². The second-order valence-corrected chi connectivity index (χ2v) is 19.0. The summed E-state index contributed by atoms with van der Waals surface area (Å²) in [7, 11) is 0.